The molecular weight excluding hydrogens is 414 g/mol. The number of primary amides is 1. The van der Waals surface area contributed by atoms with Crippen molar-refractivity contribution in [3.63, 3.8) is 0 Å². The van der Waals surface area contributed by atoms with E-state index in [2.05, 4.69) is 42.5 Å². The lowest BCUT2D eigenvalue weighted by Gasteiger charge is -2.29. The zero-order valence-electron chi connectivity index (χ0n) is 19.2. The van der Waals surface area contributed by atoms with Crippen molar-refractivity contribution in [2.75, 3.05) is 17.2 Å². The van der Waals surface area contributed by atoms with E-state index in [0.29, 0.717) is 12.1 Å². The van der Waals surface area contributed by atoms with Gasteiger partial charge >= 0.3 is 0 Å². The largest absolute Gasteiger partial charge is 0.508 e. The smallest absolute Gasteiger partial charge is 0.223 e. The summed E-state index contributed by atoms with van der Waals surface area (Å²) in [5.41, 5.74) is 17.8. The summed E-state index contributed by atoms with van der Waals surface area (Å²) in [5, 5.41) is 9.22. The summed E-state index contributed by atoms with van der Waals surface area (Å²) in [7, 11) is 0. The van der Waals surface area contributed by atoms with E-state index in [0.717, 1.165) is 36.2 Å². The van der Waals surface area contributed by atoms with Crippen molar-refractivity contribution < 1.29 is 14.7 Å². The van der Waals surface area contributed by atoms with Crippen molar-refractivity contribution >= 4 is 23.2 Å². The van der Waals surface area contributed by atoms with Gasteiger partial charge in [-0.05, 0) is 72.2 Å². The third-order valence-electron chi connectivity index (χ3n) is 5.80. The van der Waals surface area contributed by atoms with Gasteiger partial charge in [-0.3, -0.25) is 9.59 Å². The van der Waals surface area contributed by atoms with Crippen LogP contribution >= 0.6 is 0 Å². The van der Waals surface area contributed by atoms with Crippen LogP contribution in [0, 0.1) is 6.92 Å². The Morgan fingerprint density at radius 3 is 2.39 bits per heavy atom. The van der Waals surface area contributed by atoms with E-state index in [1.165, 1.54) is 22.8 Å². The summed E-state index contributed by atoms with van der Waals surface area (Å²) in [5.74, 6) is -0.0758. The van der Waals surface area contributed by atoms with Crippen molar-refractivity contribution in [2.24, 2.45) is 5.73 Å². The second-order valence-electron chi connectivity index (χ2n) is 8.28. The van der Waals surface area contributed by atoms with Gasteiger partial charge in [0, 0.05) is 37.3 Å². The first-order valence-corrected chi connectivity index (χ1v) is 11.1. The zero-order valence-corrected chi connectivity index (χ0v) is 19.2. The van der Waals surface area contributed by atoms with Gasteiger partial charge in [0.15, 0.2) is 0 Å². The number of anilines is 2. The maximum atomic E-state index is 11.6. The minimum atomic E-state index is -0.350. The first kappa shape index (κ1) is 23.9. The molecule has 0 spiro atoms. The number of aryl methyl sites for hydroxylation is 2. The highest BCUT2D eigenvalue weighted by Crippen LogP contribution is 2.31. The maximum Gasteiger partial charge on any atom is 0.223 e. The standard InChI is InChI=1S/C17H17NO.C10H14N2O2/c1-13(19)18-11-5-8-16-12-15(9-10-17(16)18)14-6-3-2-4-7-14;1-6-4-7(13)5-9(11)8(6)2-3-10(12)14/h2-4,6-7,9-10,12H,5,8,11H2,1H3;4-5,13H,2-3,11H2,1H3,(H2,12,14). The van der Waals surface area contributed by atoms with Gasteiger partial charge in [-0.1, -0.05) is 36.4 Å². The Balaban J connectivity index is 0.000000196. The number of amides is 2. The monoisotopic (exact) mass is 445 g/mol. The zero-order chi connectivity index (χ0) is 24.0. The minimum absolute atomic E-state index is 0.133. The molecule has 0 aromatic heterocycles. The molecule has 0 radical (unpaired) electrons. The lowest BCUT2D eigenvalue weighted by Crippen LogP contribution is -2.33. The van der Waals surface area contributed by atoms with Crippen molar-refractivity contribution in [3.05, 3.63) is 77.4 Å². The SMILES string of the molecule is CC(=O)N1CCCc2cc(-c3ccccc3)ccc21.Cc1cc(O)cc(N)c1CCC(N)=O. The Hall–Kier alpha value is -3.80. The van der Waals surface area contributed by atoms with Gasteiger partial charge in [0.1, 0.15) is 5.75 Å². The highest BCUT2D eigenvalue weighted by Gasteiger charge is 2.20. The lowest BCUT2D eigenvalue weighted by atomic mass is 9.96. The third kappa shape index (κ3) is 6.13. The molecule has 6 heteroatoms. The predicted octanol–water partition coefficient (Wildman–Crippen LogP) is 4.35. The fourth-order valence-corrected chi connectivity index (χ4v) is 4.15. The number of rotatable bonds is 4. The average Bonchev–Trinajstić information content (AvgIpc) is 2.78. The van der Waals surface area contributed by atoms with Crippen LogP contribution in [0.4, 0.5) is 11.4 Å². The first-order valence-electron chi connectivity index (χ1n) is 11.1. The molecule has 6 nitrogen and oxygen atoms in total. The van der Waals surface area contributed by atoms with Crippen LogP contribution in [0.2, 0.25) is 0 Å². The highest BCUT2D eigenvalue weighted by molar-refractivity contribution is 5.93. The molecule has 0 fully saturated rings. The van der Waals surface area contributed by atoms with Crippen LogP contribution in [-0.2, 0) is 22.4 Å². The number of nitrogens with two attached hydrogens (primary N) is 2. The van der Waals surface area contributed by atoms with Crippen LogP contribution < -0.4 is 16.4 Å². The van der Waals surface area contributed by atoms with Gasteiger partial charge < -0.3 is 21.5 Å². The molecule has 0 aliphatic carbocycles. The number of fused-ring (bicyclic) bond motifs is 1. The number of nitrogen functional groups attached to an aromatic ring is 1. The Kier molecular flexibility index (Phi) is 7.72. The molecule has 5 N–H and O–H groups in total. The number of carbonyl (C=O) groups excluding carboxylic acids is 2. The van der Waals surface area contributed by atoms with Gasteiger partial charge in [0.05, 0.1) is 0 Å². The summed E-state index contributed by atoms with van der Waals surface area (Å²) < 4.78 is 0. The topological polar surface area (TPSA) is 110 Å². The number of nitrogens with zero attached hydrogens (tertiary/aromatic N) is 1. The van der Waals surface area contributed by atoms with Gasteiger partial charge in [0.25, 0.3) is 0 Å². The van der Waals surface area contributed by atoms with Crippen molar-refractivity contribution in [2.45, 2.75) is 39.5 Å². The molecule has 0 saturated heterocycles. The molecular formula is C27H31N3O3. The summed E-state index contributed by atoms with van der Waals surface area (Å²) in [6.45, 7) is 4.32. The van der Waals surface area contributed by atoms with Crippen LogP contribution in [0.25, 0.3) is 11.1 Å². The third-order valence-corrected chi connectivity index (χ3v) is 5.80. The normalized spacial score (nSPS) is 12.4. The van der Waals surface area contributed by atoms with Gasteiger partial charge in [-0.2, -0.15) is 0 Å². The number of benzene rings is 3. The first-order chi connectivity index (χ1) is 15.8. The Labute approximate surface area is 194 Å². The molecule has 1 aliphatic rings. The van der Waals surface area contributed by atoms with Crippen molar-refractivity contribution in [1.82, 2.24) is 0 Å². The second-order valence-corrected chi connectivity index (χ2v) is 8.28. The van der Waals surface area contributed by atoms with Crippen LogP contribution in [0.5, 0.6) is 5.75 Å². The minimum Gasteiger partial charge on any atom is -0.508 e. The fraction of sp³-hybridized carbons (Fsp3) is 0.259. The molecule has 0 atom stereocenters. The molecule has 33 heavy (non-hydrogen) atoms. The summed E-state index contributed by atoms with van der Waals surface area (Å²) in [6, 6.07) is 19.9. The van der Waals surface area contributed by atoms with Crippen molar-refractivity contribution in [1.29, 1.82) is 0 Å². The van der Waals surface area contributed by atoms with Gasteiger partial charge in [-0.25, -0.2) is 0 Å². The van der Waals surface area contributed by atoms with E-state index in [9.17, 15) is 14.7 Å². The summed E-state index contributed by atoms with van der Waals surface area (Å²) in [6.07, 6.45) is 2.90. The Morgan fingerprint density at radius 1 is 1.03 bits per heavy atom. The molecule has 0 unspecified atom stereocenters. The number of carbonyl (C=O) groups is 2. The summed E-state index contributed by atoms with van der Waals surface area (Å²) >= 11 is 0. The Bertz CT molecular complexity index is 1120. The van der Waals surface area contributed by atoms with Gasteiger partial charge in [0.2, 0.25) is 11.8 Å². The van der Waals surface area contributed by atoms with Crippen molar-refractivity contribution in [3.8, 4) is 16.9 Å². The molecule has 0 saturated carbocycles. The van der Waals surface area contributed by atoms with E-state index in [-0.39, 0.29) is 24.0 Å². The number of hydrogen-bond acceptors (Lipinski definition) is 4. The van der Waals surface area contributed by atoms with Crippen LogP contribution in [0.1, 0.15) is 36.5 Å². The molecule has 0 bridgehead atoms. The second kappa shape index (κ2) is 10.7. The van der Waals surface area contributed by atoms with Crippen LogP contribution in [-0.4, -0.2) is 23.5 Å². The highest BCUT2D eigenvalue weighted by atomic mass is 16.3. The summed E-state index contributed by atoms with van der Waals surface area (Å²) in [4.78, 5) is 24.1. The van der Waals surface area contributed by atoms with E-state index >= 15 is 0 Å². The van der Waals surface area contributed by atoms with E-state index in [4.69, 9.17) is 11.5 Å². The van der Waals surface area contributed by atoms with E-state index < -0.39 is 0 Å². The molecule has 1 heterocycles. The van der Waals surface area contributed by atoms with E-state index in [1.54, 1.807) is 13.0 Å². The molecule has 2 amide bonds. The molecule has 4 rings (SSSR count). The molecule has 3 aromatic carbocycles. The number of phenols is 1. The van der Waals surface area contributed by atoms with Crippen LogP contribution in [0.15, 0.2) is 60.7 Å². The Morgan fingerprint density at radius 2 is 1.76 bits per heavy atom. The molecule has 172 valence electrons. The maximum absolute atomic E-state index is 11.6. The number of aromatic hydroxyl groups is 1. The van der Waals surface area contributed by atoms with Crippen LogP contribution in [0.3, 0.4) is 0 Å². The quantitative estimate of drug-likeness (QED) is 0.519. The molecule has 1 aliphatic heterocycles. The number of hydrogen-bond donors (Lipinski definition) is 3. The lowest BCUT2D eigenvalue weighted by molar-refractivity contribution is -0.118. The van der Waals surface area contributed by atoms with E-state index in [1.807, 2.05) is 17.9 Å². The number of phenolic OH excluding ortho intramolecular Hbond substituents is 1. The van der Waals surface area contributed by atoms with Gasteiger partial charge in [-0.15, -0.1) is 0 Å². The fourth-order valence-electron chi connectivity index (χ4n) is 4.15. The predicted molar refractivity (Wildman–Crippen MR) is 133 cm³/mol. The molecule has 3 aromatic rings. The average molecular weight is 446 g/mol.